The van der Waals surface area contributed by atoms with Crippen LogP contribution >= 0.6 is 11.6 Å². The van der Waals surface area contributed by atoms with Gasteiger partial charge in [0.05, 0.1) is 24.9 Å². The maximum atomic E-state index is 13.6. The Kier molecular flexibility index (Phi) is 5.19. The summed E-state index contributed by atoms with van der Waals surface area (Å²) < 4.78 is 5.25. The molecule has 0 radical (unpaired) electrons. The van der Waals surface area contributed by atoms with Gasteiger partial charge in [0, 0.05) is 24.1 Å². The molecule has 0 aromatic heterocycles. The predicted octanol–water partition coefficient (Wildman–Crippen LogP) is 5.44. The molecule has 2 aliphatic rings. The minimum absolute atomic E-state index is 0.000411. The highest BCUT2D eigenvalue weighted by Crippen LogP contribution is 2.56. The number of amides is 2. The van der Waals surface area contributed by atoms with E-state index in [4.69, 9.17) is 16.3 Å². The number of rotatable bonds is 5. The van der Waals surface area contributed by atoms with Gasteiger partial charge in [0.15, 0.2) is 0 Å². The fourth-order valence-corrected chi connectivity index (χ4v) is 4.60. The molecule has 1 unspecified atom stereocenters. The summed E-state index contributed by atoms with van der Waals surface area (Å²) in [5.74, 6) is 7.48. The number of anilines is 1. The van der Waals surface area contributed by atoms with Crippen molar-refractivity contribution < 1.29 is 9.53 Å². The van der Waals surface area contributed by atoms with Crippen molar-refractivity contribution in [3.05, 3.63) is 58.6 Å². The van der Waals surface area contributed by atoms with Gasteiger partial charge in [-0.2, -0.15) is 0 Å². The van der Waals surface area contributed by atoms with Gasteiger partial charge in [0.25, 0.3) is 0 Å². The molecule has 5 heteroatoms. The number of hydrogen-bond donors (Lipinski definition) is 0. The maximum Gasteiger partial charge on any atom is 0.325 e. The molecule has 2 aromatic rings. The summed E-state index contributed by atoms with van der Waals surface area (Å²) in [6, 6.07) is 13.7. The van der Waals surface area contributed by atoms with Crippen molar-refractivity contribution in [1.29, 1.82) is 0 Å². The molecular formula is C24H25ClN2O2. The van der Waals surface area contributed by atoms with Gasteiger partial charge in [-0.3, -0.25) is 4.90 Å². The Bertz CT molecular complexity index is 988. The van der Waals surface area contributed by atoms with Crippen LogP contribution in [0.15, 0.2) is 42.5 Å². The lowest BCUT2D eigenvalue weighted by Crippen LogP contribution is -2.58. The van der Waals surface area contributed by atoms with E-state index in [1.54, 1.807) is 7.11 Å². The number of methoxy groups -OCH3 is 1. The first-order valence-corrected chi connectivity index (χ1v) is 10.3. The van der Waals surface area contributed by atoms with E-state index >= 15 is 0 Å². The quantitative estimate of drug-likeness (QED) is 0.617. The van der Waals surface area contributed by atoms with Crippen molar-refractivity contribution in [2.24, 2.45) is 5.92 Å². The van der Waals surface area contributed by atoms with Crippen LogP contribution in [0.3, 0.4) is 0 Å². The Labute approximate surface area is 177 Å². The van der Waals surface area contributed by atoms with Crippen LogP contribution in [-0.2, 0) is 12.1 Å². The van der Waals surface area contributed by atoms with Crippen LogP contribution in [-0.4, -0.2) is 25.1 Å². The number of benzene rings is 2. The summed E-state index contributed by atoms with van der Waals surface area (Å²) in [4.78, 5) is 17.3. The highest BCUT2D eigenvalue weighted by molar-refractivity contribution is 6.30. The molecule has 0 bridgehead atoms. The van der Waals surface area contributed by atoms with Gasteiger partial charge in [0.2, 0.25) is 0 Å². The number of fused-ring (bicyclic) bond motifs is 1. The average molecular weight is 409 g/mol. The first-order chi connectivity index (χ1) is 14.0. The minimum Gasteiger partial charge on any atom is -0.497 e. The zero-order valence-corrected chi connectivity index (χ0v) is 17.8. The highest BCUT2D eigenvalue weighted by atomic mass is 35.5. The fraction of sp³-hybridized carbons (Fsp3) is 0.375. The van der Waals surface area contributed by atoms with Crippen LogP contribution in [0.2, 0.25) is 5.02 Å². The van der Waals surface area contributed by atoms with Crippen LogP contribution in [0.1, 0.15) is 37.3 Å². The molecule has 0 saturated heterocycles. The van der Waals surface area contributed by atoms with E-state index in [1.165, 1.54) is 0 Å². The third-order valence-corrected chi connectivity index (χ3v) is 6.35. The average Bonchev–Trinajstić information content (AvgIpc) is 3.58. The van der Waals surface area contributed by atoms with Crippen molar-refractivity contribution in [1.82, 2.24) is 4.90 Å². The fourth-order valence-electron chi connectivity index (χ4n) is 4.43. The Balaban J connectivity index is 1.80. The minimum atomic E-state index is -0.420. The van der Waals surface area contributed by atoms with Gasteiger partial charge in [0.1, 0.15) is 5.75 Å². The lowest BCUT2D eigenvalue weighted by molar-refractivity contribution is 0.114. The van der Waals surface area contributed by atoms with Gasteiger partial charge in [-0.1, -0.05) is 23.7 Å². The zero-order valence-electron chi connectivity index (χ0n) is 17.0. The molecule has 1 fully saturated rings. The van der Waals surface area contributed by atoms with Gasteiger partial charge >= 0.3 is 6.03 Å². The second-order valence-corrected chi connectivity index (χ2v) is 8.18. The van der Waals surface area contributed by atoms with Crippen LogP contribution in [0, 0.1) is 17.8 Å². The van der Waals surface area contributed by atoms with Crippen LogP contribution in [0.4, 0.5) is 10.5 Å². The number of halogens is 1. The topological polar surface area (TPSA) is 32.8 Å². The summed E-state index contributed by atoms with van der Waals surface area (Å²) in [5, 5.41) is 0.686. The molecule has 2 aromatic carbocycles. The molecule has 4 rings (SSSR count). The van der Waals surface area contributed by atoms with Crippen molar-refractivity contribution in [2.45, 2.75) is 38.3 Å². The van der Waals surface area contributed by atoms with Gasteiger partial charge in [-0.05, 0) is 61.6 Å². The Hall–Kier alpha value is -2.64. The summed E-state index contributed by atoms with van der Waals surface area (Å²) >= 11 is 6.42. The standard InChI is InChI=1S/C24H25ClN2O2/c1-4-5-14-24(18-8-9-18)21-15-19(25)10-13-22(21)27(23(28)26(24)2)16-17-6-11-20(29-3)12-7-17/h6-7,10-13,15,18H,8-9,14,16H2,1-3H3. The van der Waals surface area contributed by atoms with E-state index in [0.717, 1.165) is 35.4 Å². The summed E-state index contributed by atoms with van der Waals surface area (Å²) in [6.45, 7) is 2.34. The zero-order chi connectivity index (χ0) is 20.6. The van der Waals surface area contributed by atoms with E-state index < -0.39 is 5.54 Å². The van der Waals surface area contributed by atoms with Gasteiger partial charge in [-0.25, -0.2) is 4.79 Å². The van der Waals surface area contributed by atoms with E-state index in [-0.39, 0.29) is 6.03 Å². The first-order valence-electron chi connectivity index (χ1n) is 9.89. The van der Waals surface area contributed by atoms with E-state index in [9.17, 15) is 4.79 Å². The molecular weight excluding hydrogens is 384 g/mol. The number of nitrogens with zero attached hydrogens (tertiary/aromatic N) is 2. The molecule has 1 heterocycles. The second-order valence-electron chi connectivity index (χ2n) is 7.74. The van der Waals surface area contributed by atoms with Crippen molar-refractivity contribution in [3.63, 3.8) is 0 Å². The summed E-state index contributed by atoms with van der Waals surface area (Å²) in [7, 11) is 3.55. The number of urea groups is 1. The lowest BCUT2D eigenvalue weighted by atomic mass is 9.78. The largest absolute Gasteiger partial charge is 0.497 e. The van der Waals surface area contributed by atoms with Crippen molar-refractivity contribution in [3.8, 4) is 17.6 Å². The monoisotopic (exact) mass is 408 g/mol. The Morgan fingerprint density at radius 3 is 2.55 bits per heavy atom. The molecule has 150 valence electrons. The molecule has 1 atom stereocenters. The molecule has 4 nitrogen and oxygen atoms in total. The van der Waals surface area contributed by atoms with E-state index in [2.05, 4.69) is 11.8 Å². The summed E-state index contributed by atoms with van der Waals surface area (Å²) in [5.41, 5.74) is 2.65. The molecule has 29 heavy (non-hydrogen) atoms. The maximum absolute atomic E-state index is 13.6. The Morgan fingerprint density at radius 1 is 1.21 bits per heavy atom. The number of hydrogen-bond acceptors (Lipinski definition) is 2. The third-order valence-electron chi connectivity index (χ3n) is 6.12. The van der Waals surface area contributed by atoms with Crippen molar-refractivity contribution in [2.75, 3.05) is 19.1 Å². The normalized spacial score (nSPS) is 20.8. The molecule has 0 N–H and O–H groups in total. The van der Waals surface area contributed by atoms with Crippen LogP contribution in [0.25, 0.3) is 0 Å². The Morgan fingerprint density at radius 2 is 1.93 bits per heavy atom. The molecule has 1 aliphatic heterocycles. The van der Waals surface area contributed by atoms with Gasteiger partial charge < -0.3 is 9.64 Å². The van der Waals surface area contributed by atoms with E-state index in [1.807, 2.05) is 66.2 Å². The smallest absolute Gasteiger partial charge is 0.325 e. The third kappa shape index (κ3) is 3.34. The first kappa shape index (κ1) is 19.7. The molecule has 1 saturated carbocycles. The van der Waals surface area contributed by atoms with Crippen LogP contribution in [0.5, 0.6) is 5.75 Å². The molecule has 0 spiro atoms. The predicted molar refractivity (Wildman–Crippen MR) is 116 cm³/mol. The molecule has 1 aliphatic carbocycles. The highest BCUT2D eigenvalue weighted by Gasteiger charge is 2.55. The SMILES string of the molecule is CC#CCC1(C2CC2)c2cc(Cl)ccc2N(Cc2ccc(OC)cc2)C(=O)N1C. The van der Waals surface area contributed by atoms with Crippen molar-refractivity contribution >= 4 is 23.3 Å². The van der Waals surface area contributed by atoms with Crippen LogP contribution < -0.4 is 9.64 Å². The number of carbonyl (C=O) groups is 1. The lowest BCUT2D eigenvalue weighted by Gasteiger charge is -2.49. The second kappa shape index (κ2) is 7.65. The van der Waals surface area contributed by atoms with E-state index in [0.29, 0.717) is 23.9 Å². The molecule has 2 amide bonds. The number of carbonyl (C=O) groups excluding carboxylic acids is 1. The summed E-state index contributed by atoms with van der Waals surface area (Å²) in [6.07, 6.45) is 2.83. The number of ether oxygens (including phenoxy) is 1. The van der Waals surface area contributed by atoms with Gasteiger partial charge in [-0.15, -0.1) is 11.8 Å².